The number of alkyl halides is 21. The van der Waals surface area contributed by atoms with E-state index < -0.39 is 95.8 Å². The Kier molecular flexibility index (Phi) is 10.8. The lowest BCUT2D eigenvalue weighted by atomic mass is 9.96. The third kappa shape index (κ3) is 7.95. The summed E-state index contributed by atoms with van der Waals surface area (Å²) in [6.07, 6.45) is -21.0. The lowest BCUT2D eigenvalue weighted by molar-refractivity contribution is -0.359. The van der Waals surface area contributed by atoms with Gasteiger partial charge in [0, 0.05) is 0 Å². The van der Waals surface area contributed by atoms with Gasteiger partial charge in [-0.1, -0.05) is 0 Å². The number of hydrogen-bond donors (Lipinski definition) is 0. The molecule has 0 spiro atoms. The van der Waals surface area contributed by atoms with Crippen LogP contribution in [-0.2, 0) is 27.7 Å². The van der Waals surface area contributed by atoms with Gasteiger partial charge in [0.05, 0.1) is 0 Å². The normalized spacial score (nSPS) is 17.8. The van der Waals surface area contributed by atoms with Gasteiger partial charge in [0.1, 0.15) is 19.8 Å². The van der Waals surface area contributed by atoms with E-state index in [1.807, 2.05) is 0 Å². The van der Waals surface area contributed by atoms with Crippen LogP contribution in [0.25, 0.3) is 0 Å². The molecule has 0 aromatic carbocycles. The quantitative estimate of drug-likeness (QED) is 0.200. The summed E-state index contributed by atoms with van der Waals surface area (Å²) in [6, 6.07) is 0. The summed E-state index contributed by atoms with van der Waals surface area (Å²) in [7, 11) is -10.4. The van der Waals surface area contributed by atoms with Crippen LogP contribution in [0, 0.1) is 0 Å². The summed E-state index contributed by atoms with van der Waals surface area (Å²) in [4.78, 5) is 0. The van der Waals surface area contributed by atoms with Crippen molar-refractivity contribution in [3.05, 3.63) is 0 Å². The van der Waals surface area contributed by atoms with Crippen molar-refractivity contribution in [2.45, 2.75) is 54.1 Å². The van der Waals surface area contributed by atoms with E-state index in [1.165, 1.54) is 0 Å². The second-order valence-electron chi connectivity index (χ2n) is 7.54. The van der Waals surface area contributed by atoms with E-state index >= 15 is 0 Å². The first-order valence-corrected chi connectivity index (χ1v) is 9.52. The van der Waals surface area contributed by atoms with Crippen molar-refractivity contribution in [3.8, 4) is 0 Å². The number of halogens is 21. The van der Waals surface area contributed by atoms with Gasteiger partial charge in [0.15, 0.2) is 0 Å². The zero-order valence-corrected chi connectivity index (χ0v) is 18.7. The minimum absolute atomic E-state index is 3.20. The predicted molar refractivity (Wildman–Crippen MR) is 86.2 cm³/mol. The van der Waals surface area contributed by atoms with Gasteiger partial charge in [-0.3, -0.25) is 0 Å². The van der Waals surface area contributed by atoms with Crippen molar-refractivity contribution in [1.82, 2.24) is 0 Å². The smallest absolute Gasteiger partial charge is 0.400 e. The van der Waals surface area contributed by atoms with Crippen LogP contribution < -0.4 is 0 Å². The predicted octanol–water partition coefficient (Wildman–Crippen LogP) is 5.55. The Bertz CT molecular complexity index is 787. The molecule has 0 atom stereocenters. The molecule has 0 bridgehead atoms. The second-order valence-corrected chi connectivity index (χ2v) is 7.54. The molecule has 30 heteroatoms. The minimum Gasteiger partial charge on any atom is -0.400 e. The lowest BCUT2D eigenvalue weighted by Gasteiger charge is -2.33. The van der Waals surface area contributed by atoms with Crippen LogP contribution in [0.5, 0.6) is 0 Å². The van der Waals surface area contributed by atoms with Crippen LogP contribution in [0.2, 0.25) is 0 Å². The zero-order chi connectivity index (χ0) is 33.6. The van der Waals surface area contributed by atoms with E-state index in [0.29, 0.717) is 0 Å². The lowest BCUT2D eigenvalue weighted by Crippen LogP contribution is -2.60. The fraction of sp³-hybridized carbons (Fsp3) is 1.00. The van der Waals surface area contributed by atoms with Gasteiger partial charge in [-0.25, -0.2) is 0 Å². The Balaban J connectivity index is 3.17. The third-order valence-corrected chi connectivity index (χ3v) is 4.31. The molecule has 1 aliphatic rings. The van der Waals surface area contributed by atoms with E-state index in [0.717, 1.165) is 0 Å². The molecule has 0 unspecified atom stereocenters. The van der Waals surface area contributed by atoms with Crippen LogP contribution in [0.1, 0.15) is 0 Å². The van der Waals surface area contributed by atoms with Crippen molar-refractivity contribution < 1.29 is 120 Å². The fourth-order valence-electron chi connectivity index (χ4n) is 2.02. The van der Waals surface area contributed by atoms with Crippen molar-refractivity contribution in [2.24, 2.45) is 0 Å². The van der Waals surface area contributed by atoms with Crippen molar-refractivity contribution in [2.75, 3.05) is 19.8 Å². The SMILES string of the molecule is FC(F)(F)C(F)(F)C(F)(F)COB1OB(OCC(F)(F)C(F)(F)C(F)(F)F)OB(OCC(F)(F)C(F)(F)C(F)(F)F)O1. The largest absolute Gasteiger partial charge is 0.615 e. The summed E-state index contributed by atoms with van der Waals surface area (Å²) in [5.41, 5.74) is 0. The number of rotatable bonds is 12. The Morgan fingerprint density at radius 2 is 0.500 bits per heavy atom. The maximum atomic E-state index is 13.4. The van der Waals surface area contributed by atoms with Gasteiger partial charge in [0.25, 0.3) is 0 Å². The average molecular weight is 678 g/mol. The van der Waals surface area contributed by atoms with Crippen LogP contribution in [0.3, 0.4) is 0 Å². The van der Waals surface area contributed by atoms with Crippen molar-refractivity contribution >= 4 is 22.0 Å². The zero-order valence-electron chi connectivity index (χ0n) is 18.7. The maximum Gasteiger partial charge on any atom is 0.615 e. The molecular formula is C12H6B3F21O6. The molecule has 1 aliphatic heterocycles. The minimum atomic E-state index is -7.00. The van der Waals surface area contributed by atoms with Gasteiger partial charge in [0.2, 0.25) is 0 Å². The second kappa shape index (κ2) is 11.8. The Morgan fingerprint density at radius 3 is 0.643 bits per heavy atom. The van der Waals surface area contributed by atoms with E-state index in [1.54, 1.807) is 0 Å². The highest BCUT2D eigenvalue weighted by atomic mass is 19.4. The highest BCUT2D eigenvalue weighted by Gasteiger charge is 2.75. The fourth-order valence-corrected chi connectivity index (χ4v) is 2.02. The molecule has 0 aliphatic carbocycles. The van der Waals surface area contributed by atoms with Crippen LogP contribution in [0.15, 0.2) is 0 Å². The summed E-state index contributed by atoms with van der Waals surface area (Å²) < 4.78 is 290. The topological polar surface area (TPSA) is 55.4 Å². The van der Waals surface area contributed by atoms with Crippen LogP contribution in [-0.4, -0.2) is 95.8 Å². The first kappa shape index (κ1) is 38.5. The highest BCUT2D eigenvalue weighted by molar-refractivity contribution is 6.66. The Hall–Kier alpha value is -1.52. The number of hydrogen-bond acceptors (Lipinski definition) is 6. The van der Waals surface area contributed by atoms with E-state index in [2.05, 4.69) is 27.7 Å². The molecule has 6 nitrogen and oxygen atoms in total. The molecule has 1 rings (SSSR count). The third-order valence-electron chi connectivity index (χ3n) is 4.31. The highest BCUT2D eigenvalue weighted by Crippen LogP contribution is 2.49. The van der Waals surface area contributed by atoms with E-state index in [4.69, 9.17) is 0 Å². The summed E-state index contributed by atoms with van der Waals surface area (Å²) in [6.45, 7) is -9.60. The molecule has 0 amide bonds. The maximum absolute atomic E-state index is 13.4. The Morgan fingerprint density at radius 1 is 0.333 bits per heavy atom. The molecule has 0 aromatic heterocycles. The molecule has 0 radical (unpaired) electrons. The molecular weight excluding hydrogens is 672 g/mol. The van der Waals surface area contributed by atoms with Crippen LogP contribution in [0.4, 0.5) is 92.2 Å². The first-order valence-electron chi connectivity index (χ1n) is 9.52. The summed E-state index contributed by atoms with van der Waals surface area (Å²) >= 11 is 0. The molecule has 0 saturated carbocycles. The van der Waals surface area contributed by atoms with Crippen LogP contribution >= 0.6 is 0 Å². The van der Waals surface area contributed by atoms with Gasteiger partial charge in [-0.2, -0.15) is 92.2 Å². The summed E-state index contributed by atoms with van der Waals surface area (Å²) in [5.74, 6) is -39.7. The molecule has 1 heterocycles. The van der Waals surface area contributed by atoms with E-state index in [9.17, 15) is 92.2 Å². The molecule has 0 N–H and O–H groups in total. The van der Waals surface area contributed by atoms with Gasteiger partial charge < -0.3 is 27.7 Å². The molecule has 42 heavy (non-hydrogen) atoms. The van der Waals surface area contributed by atoms with Gasteiger partial charge in [-0.15, -0.1) is 0 Å². The molecule has 246 valence electrons. The van der Waals surface area contributed by atoms with Gasteiger partial charge in [-0.05, 0) is 0 Å². The Labute approximate surface area is 217 Å². The van der Waals surface area contributed by atoms with Crippen molar-refractivity contribution in [3.63, 3.8) is 0 Å². The molecule has 0 aromatic rings. The standard InChI is InChI=1S/C12H6B3F21O6/c16-4(17,7(22,23)10(28,29)30)1-37-13-40-14(38-2-5(18,19)8(24,25)11(31,32)33)42-15(41-13)39-3-6(20,21)9(26,27)12(34,35)36/h1-3H2. The average Bonchev–Trinajstić information content (AvgIpc) is 2.77. The molecule has 1 saturated heterocycles. The van der Waals surface area contributed by atoms with E-state index in [-0.39, 0.29) is 0 Å². The van der Waals surface area contributed by atoms with Crippen molar-refractivity contribution in [1.29, 1.82) is 0 Å². The first-order chi connectivity index (χ1) is 18.2. The monoisotopic (exact) mass is 678 g/mol. The molecule has 1 fully saturated rings. The summed E-state index contributed by atoms with van der Waals surface area (Å²) in [5, 5.41) is 0. The van der Waals surface area contributed by atoms with Gasteiger partial charge >= 0.3 is 76.0 Å².